The molecule has 2 aliphatic rings. The first kappa shape index (κ1) is 8.34. The predicted octanol–water partition coefficient (Wildman–Crippen LogP) is 3.92. The Morgan fingerprint density at radius 3 is 1.92 bits per heavy atom. The molecule has 0 aromatic carbocycles. The Hall–Kier alpha value is -0.260. The predicted molar refractivity (Wildman–Crippen MR) is 53.1 cm³/mol. The molecule has 0 spiro atoms. The van der Waals surface area contributed by atoms with Crippen LogP contribution in [-0.2, 0) is 0 Å². The summed E-state index contributed by atoms with van der Waals surface area (Å²) in [6.07, 6.45) is 8.83. The maximum atomic E-state index is 2.34. The van der Waals surface area contributed by atoms with Crippen molar-refractivity contribution in [3.8, 4) is 0 Å². The molecular formula is C12H20. The van der Waals surface area contributed by atoms with E-state index in [4.69, 9.17) is 0 Å². The van der Waals surface area contributed by atoms with Crippen LogP contribution in [0.25, 0.3) is 0 Å². The third-order valence-electron chi connectivity index (χ3n) is 3.81. The number of allylic oxidation sites excluding steroid dienone is 2. The lowest BCUT2D eigenvalue weighted by atomic mass is 9.80. The molecule has 2 atom stereocenters. The number of rotatable bonds is 0. The van der Waals surface area contributed by atoms with Crippen LogP contribution >= 0.6 is 0 Å². The summed E-state index contributed by atoms with van der Waals surface area (Å²) in [7, 11) is 0. The summed E-state index contributed by atoms with van der Waals surface area (Å²) >= 11 is 0. The SMILES string of the molecule is CC1=C(C)CC2CCCC(C1)C2. The van der Waals surface area contributed by atoms with E-state index in [0.717, 1.165) is 11.8 Å². The molecule has 68 valence electrons. The summed E-state index contributed by atoms with van der Waals surface area (Å²) in [6.45, 7) is 4.69. The summed E-state index contributed by atoms with van der Waals surface area (Å²) in [5.41, 5.74) is 3.40. The molecule has 0 amide bonds. The first-order valence-corrected chi connectivity index (χ1v) is 5.41. The van der Waals surface area contributed by atoms with Crippen LogP contribution in [0, 0.1) is 11.8 Å². The molecule has 2 bridgehead atoms. The largest absolute Gasteiger partial charge is 0.0741 e. The fraction of sp³-hybridized carbons (Fsp3) is 0.833. The molecule has 2 unspecified atom stereocenters. The molecule has 0 nitrogen and oxygen atoms in total. The zero-order valence-electron chi connectivity index (χ0n) is 8.40. The molecule has 1 fully saturated rings. The molecule has 0 aromatic heterocycles. The third-order valence-corrected chi connectivity index (χ3v) is 3.81. The van der Waals surface area contributed by atoms with E-state index in [0.29, 0.717) is 0 Å². The topological polar surface area (TPSA) is 0 Å². The quantitative estimate of drug-likeness (QED) is 0.476. The van der Waals surface area contributed by atoms with Gasteiger partial charge in [-0.05, 0) is 44.9 Å². The number of fused-ring (bicyclic) bond motifs is 2. The molecule has 1 saturated carbocycles. The molecule has 0 aromatic rings. The summed E-state index contributed by atoms with van der Waals surface area (Å²) in [5.74, 6) is 2.09. The van der Waals surface area contributed by atoms with E-state index < -0.39 is 0 Å². The van der Waals surface area contributed by atoms with Gasteiger partial charge >= 0.3 is 0 Å². The molecule has 0 N–H and O–H groups in total. The van der Waals surface area contributed by atoms with Crippen molar-refractivity contribution >= 4 is 0 Å². The average molecular weight is 164 g/mol. The van der Waals surface area contributed by atoms with Gasteiger partial charge < -0.3 is 0 Å². The Morgan fingerprint density at radius 2 is 1.42 bits per heavy atom. The average Bonchev–Trinajstić information content (AvgIpc) is 2.11. The second kappa shape index (κ2) is 3.24. The van der Waals surface area contributed by atoms with Gasteiger partial charge in [0.2, 0.25) is 0 Å². The van der Waals surface area contributed by atoms with Gasteiger partial charge in [0.1, 0.15) is 0 Å². The van der Waals surface area contributed by atoms with Crippen LogP contribution in [0.15, 0.2) is 11.1 Å². The van der Waals surface area contributed by atoms with Crippen molar-refractivity contribution in [3.63, 3.8) is 0 Å². The molecule has 0 aliphatic heterocycles. The van der Waals surface area contributed by atoms with Crippen LogP contribution < -0.4 is 0 Å². The minimum atomic E-state index is 1.04. The molecule has 12 heavy (non-hydrogen) atoms. The smallest absolute Gasteiger partial charge is 0.0292 e. The van der Waals surface area contributed by atoms with E-state index >= 15 is 0 Å². The fourth-order valence-corrected chi connectivity index (χ4v) is 2.99. The van der Waals surface area contributed by atoms with Crippen LogP contribution in [0.1, 0.15) is 52.4 Å². The standard InChI is InChI=1S/C12H20/c1-9-6-11-4-3-5-12(8-11)7-10(9)2/h11-12H,3-8H2,1-2H3. The monoisotopic (exact) mass is 164 g/mol. The van der Waals surface area contributed by atoms with Gasteiger partial charge in [-0.25, -0.2) is 0 Å². The van der Waals surface area contributed by atoms with Crippen LogP contribution in [0.4, 0.5) is 0 Å². The van der Waals surface area contributed by atoms with Crippen molar-refractivity contribution in [2.45, 2.75) is 52.4 Å². The molecule has 2 rings (SSSR count). The Balaban J connectivity index is 2.15. The van der Waals surface area contributed by atoms with E-state index in [1.807, 2.05) is 0 Å². The zero-order chi connectivity index (χ0) is 8.55. The van der Waals surface area contributed by atoms with Crippen molar-refractivity contribution in [1.82, 2.24) is 0 Å². The number of hydrogen-bond donors (Lipinski definition) is 0. The van der Waals surface area contributed by atoms with Gasteiger partial charge in [0.05, 0.1) is 0 Å². The Kier molecular flexibility index (Phi) is 2.25. The number of hydrogen-bond acceptors (Lipinski definition) is 0. The van der Waals surface area contributed by atoms with E-state index in [-0.39, 0.29) is 0 Å². The zero-order valence-corrected chi connectivity index (χ0v) is 8.40. The minimum absolute atomic E-state index is 1.04. The van der Waals surface area contributed by atoms with Crippen molar-refractivity contribution in [2.75, 3.05) is 0 Å². The highest BCUT2D eigenvalue weighted by Crippen LogP contribution is 2.40. The van der Waals surface area contributed by atoms with Crippen molar-refractivity contribution in [3.05, 3.63) is 11.1 Å². The van der Waals surface area contributed by atoms with E-state index in [2.05, 4.69) is 13.8 Å². The van der Waals surface area contributed by atoms with Gasteiger partial charge in [0.25, 0.3) is 0 Å². The van der Waals surface area contributed by atoms with Crippen molar-refractivity contribution in [2.24, 2.45) is 11.8 Å². The van der Waals surface area contributed by atoms with Gasteiger partial charge in [0, 0.05) is 0 Å². The van der Waals surface area contributed by atoms with Gasteiger partial charge in [-0.3, -0.25) is 0 Å². The molecular weight excluding hydrogens is 144 g/mol. The summed E-state index contributed by atoms with van der Waals surface area (Å²) in [5, 5.41) is 0. The highest BCUT2D eigenvalue weighted by atomic mass is 14.3. The van der Waals surface area contributed by atoms with Crippen molar-refractivity contribution < 1.29 is 0 Å². The van der Waals surface area contributed by atoms with E-state index in [1.165, 1.54) is 38.5 Å². The van der Waals surface area contributed by atoms with Crippen molar-refractivity contribution in [1.29, 1.82) is 0 Å². The van der Waals surface area contributed by atoms with Gasteiger partial charge in [0.15, 0.2) is 0 Å². The first-order chi connectivity index (χ1) is 5.75. The second-order valence-corrected chi connectivity index (χ2v) is 4.87. The van der Waals surface area contributed by atoms with Gasteiger partial charge in [-0.2, -0.15) is 0 Å². The Morgan fingerprint density at radius 1 is 0.917 bits per heavy atom. The lowest BCUT2D eigenvalue weighted by Gasteiger charge is -2.26. The van der Waals surface area contributed by atoms with E-state index in [1.54, 1.807) is 11.1 Å². The molecule has 0 heteroatoms. The Bertz CT molecular complexity index is 180. The molecule has 2 aliphatic carbocycles. The van der Waals surface area contributed by atoms with E-state index in [9.17, 15) is 0 Å². The fourth-order valence-electron chi connectivity index (χ4n) is 2.99. The molecule has 0 radical (unpaired) electrons. The lowest BCUT2D eigenvalue weighted by molar-refractivity contribution is 0.274. The van der Waals surface area contributed by atoms with Crippen LogP contribution in [0.5, 0.6) is 0 Å². The Labute approximate surface area is 76.1 Å². The summed E-state index contributed by atoms with van der Waals surface area (Å²) < 4.78 is 0. The maximum Gasteiger partial charge on any atom is -0.0292 e. The minimum Gasteiger partial charge on any atom is -0.0741 e. The van der Waals surface area contributed by atoms with Crippen LogP contribution in [0.2, 0.25) is 0 Å². The molecule has 0 saturated heterocycles. The van der Waals surface area contributed by atoms with Gasteiger partial charge in [-0.15, -0.1) is 0 Å². The lowest BCUT2D eigenvalue weighted by Crippen LogP contribution is -2.13. The first-order valence-electron chi connectivity index (χ1n) is 5.41. The maximum absolute atomic E-state index is 2.34. The summed E-state index contributed by atoms with van der Waals surface area (Å²) in [6, 6.07) is 0. The highest BCUT2D eigenvalue weighted by Gasteiger charge is 2.25. The van der Waals surface area contributed by atoms with Gasteiger partial charge in [-0.1, -0.05) is 30.4 Å². The van der Waals surface area contributed by atoms with Crippen LogP contribution in [-0.4, -0.2) is 0 Å². The van der Waals surface area contributed by atoms with Crippen LogP contribution in [0.3, 0.4) is 0 Å². The molecule has 0 heterocycles. The second-order valence-electron chi connectivity index (χ2n) is 4.87. The summed E-state index contributed by atoms with van der Waals surface area (Å²) in [4.78, 5) is 0. The third kappa shape index (κ3) is 1.57. The highest BCUT2D eigenvalue weighted by molar-refractivity contribution is 5.13. The normalized spacial score (nSPS) is 36.5.